The topological polar surface area (TPSA) is 38.7 Å². The molecule has 1 saturated heterocycles. The van der Waals surface area contributed by atoms with Crippen LogP contribution in [0, 0.1) is 0 Å². The average molecular weight is 261 g/mol. The predicted molar refractivity (Wildman–Crippen MR) is 77.8 cm³/mol. The molecule has 19 heavy (non-hydrogen) atoms. The normalized spacial score (nSPS) is 20.4. The van der Waals surface area contributed by atoms with E-state index >= 15 is 0 Å². The van der Waals surface area contributed by atoms with Gasteiger partial charge in [0.05, 0.1) is 0 Å². The smallest absolute Gasteiger partial charge is 0.125 e. The highest BCUT2D eigenvalue weighted by atomic mass is 16.3. The summed E-state index contributed by atoms with van der Waals surface area (Å²) in [6, 6.07) is 4.27. The molecule has 4 heteroatoms. The Bertz CT molecular complexity index is 455. The molecular formula is C15H23N3O. The van der Waals surface area contributed by atoms with Crippen molar-refractivity contribution in [3.05, 3.63) is 23.3 Å². The second-order valence-corrected chi connectivity index (χ2v) is 5.62. The Morgan fingerprint density at radius 2 is 2.00 bits per heavy atom. The van der Waals surface area contributed by atoms with Crippen LogP contribution in [0.5, 0.6) is 5.75 Å². The number of anilines is 1. The van der Waals surface area contributed by atoms with Crippen LogP contribution in [0.2, 0.25) is 0 Å². The number of fused-ring (bicyclic) bond motifs is 1. The number of hydrogen-bond donors (Lipinski definition) is 2. The predicted octanol–water partition coefficient (Wildman–Crippen LogP) is 1.18. The maximum absolute atomic E-state index is 10.5. The van der Waals surface area contributed by atoms with Gasteiger partial charge in [-0.3, -0.25) is 4.90 Å². The van der Waals surface area contributed by atoms with Crippen LogP contribution in [0.1, 0.15) is 17.5 Å². The number of phenolic OH excluding ortho intramolecular Hbond substituents is 1. The van der Waals surface area contributed by atoms with E-state index in [4.69, 9.17) is 0 Å². The summed E-state index contributed by atoms with van der Waals surface area (Å²) < 4.78 is 0. The van der Waals surface area contributed by atoms with Gasteiger partial charge in [0.2, 0.25) is 0 Å². The zero-order chi connectivity index (χ0) is 13.2. The summed E-state index contributed by atoms with van der Waals surface area (Å²) in [6.07, 6.45) is 2.13. The molecule has 3 rings (SSSR count). The van der Waals surface area contributed by atoms with Gasteiger partial charge in [-0.25, -0.2) is 0 Å². The average Bonchev–Trinajstić information content (AvgIpc) is 2.44. The Morgan fingerprint density at radius 1 is 1.21 bits per heavy atom. The fourth-order valence-corrected chi connectivity index (χ4v) is 3.13. The van der Waals surface area contributed by atoms with Crippen molar-refractivity contribution in [2.24, 2.45) is 0 Å². The molecular weight excluding hydrogens is 238 g/mol. The van der Waals surface area contributed by atoms with E-state index < -0.39 is 0 Å². The van der Waals surface area contributed by atoms with Gasteiger partial charge >= 0.3 is 0 Å². The summed E-state index contributed by atoms with van der Waals surface area (Å²) in [5.41, 5.74) is 3.42. The first-order chi connectivity index (χ1) is 9.25. The minimum Gasteiger partial charge on any atom is -0.507 e. The molecule has 0 aromatic heterocycles. The van der Waals surface area contributed by atoms with Crippen LogP contribution in [0.25, 0.3) is 0 Å². The molecule has 0 amide bonds. The molecule has 4 nitrogen and oxygen atoms in total. The molecule has 0 aliphatic carbocycles. The number of nitrogens with zero attached hydrogens (tertiary/aromatic N) is 2. The van der Waals surface area contributed by atoms with Crippen LogP contribution in [0.3, 0.4) is 0 Å². The lowest BCUT2D eigenvalue weighted by Crippen LogP contribution is -2.42. The van der Waals surface area contributed by atoms with Crippen molar-refractivity contribution >= 4 is 5.69 Å². The summed E-state index contributed by atoms with van der Waals surface area (Å²) in [5.74, 6) is 0.530. The van der Waals surface area contributed by atoms with Crippen molar-refractivity contribution in [1.29, 1.82) is 0 Å². The first-order valence-corrected chi connectivity index (χ1v) is 7.23. The van der Waals surface area contributed by atoms with Gasteiger partial charge in [0, 0.05) is 63.1 Å². The molecule has 0 atom stereocenters. The molecule has 0 spiro atoms. The monoisotopic (exact) mass is 261 g/mol. The number of nitrogens with one attached hydrogen (secondary N) is 1. The van der Waals surface area contributed by atoms with Crippen molar-refractivity contribution < 1.29 is 5.11 Å². The molecule has 2 aliphatic heterocycles. The molecule has 1 aromatic rings. The van der Waals surface area contributed by atoms with Crippen molar-refractivity contribution in [3.8, 4) is 5.75 Å². The van der Waals surface area contributed by atoms with Crippen molar-refractivity contribution in [3.63, 3.8) is 0 Å². The molecule has 0 radical (unpaired) electrons. The van der Waals surface area contributed by atoms with Gasteiger partial charge in [0.1, 0.15) is 5.75 Å². The van der Waals surface area contributed by atoms with Crippen LogP contribution < -0.4 is 10.2 Å². The largest absolute Gasteiger partial charge is 0.507 e. The highest BCUT2D eigenvalue weighted by molar-refractivity contribution is 5.62. The van der Waals surface area contributed by atoms with E-state index in [1.165, 1.54) is 5.69 Å². The van der Waals surface area contributed by atoms with Gasteiger partial charge in [-0.2, -0.15) is 0 Å². The van der Waals surface area contributed by atoms with E-state index in [0.29, 0.717) is 5.75 Å². The second-order valence-electron chi connectivity index (χ2n) is 5.62. The third-order valence-electron chi connectivity index (χ3n) is 4.28. The summed E-state index contributed by atoms with van der Waals surface area (Å²) >= 11 is 0. The summed E-state index contributed by atoms with van der Waals surface area (Å²) in [4.78, 5) is 4.65. The van der Waals surface area contributed by atoms with Crippen LogP contribution >= 0.6 is 0 Å². The Balaban J connectivity index is 1.82. The lowest BCUT2D eigenvalue weighted by atomic mass is 9.97. The molecule has 2 aliphatic rings. The number of phenols is 1. The van der Waals surface area contributed by atoms with Gasteiger partial charge in [0.15, 0.2) is 0 Å². The highest BCUT2D eigenvalue weighted by Gasteiger charge is 2.20. The number of hydrogen-bond acceptors (Lipinski definition) is 4. The molecule has 1 fully saturated rings. The van der Waals surface area contributed by atoms with E-state index in [2.05, 4.69) is 34.3 Å². The second kappa shape index (κ2) is 5.39. The molecule has 1 aromatic carbocycles. The van der Waals surface area contributed by atoms with Gasteiger partial charge in [-0.05, 0) is 18.9 Å². The van der Waals surface area contributed by atoms with Crippen LogP contribution in [0.15, 0.2) is 12.1 Å². The first-order valence-electron chi connectivity index (χ1n) is 7.23. The summed E-state index contributed by atoms with van der Waals surface area (Å²) in [7, 11) is 2.10. The van der Waals surface area contributed by atoms with Crippen molar-refractivity contribution in [1.82, 2.24) is 10.2 Å². The van der Waals surface area contributed by atoms with E-state index in [9.17, 15) is 5.11 Å². The summed E-state index contributed by atoms with van der Waals surface area (Å²) in [6.45, 7) is 6.18. The Hall–Kier alpha value is -1.26. The quantitative estimate of drug-likeness (QED) is 0.838. The van der Waals surface area contributed by atoms with Crippen LogP contribution in [-0.2, 0) is 13.0 Å². The van der Waals surface area contributed by atoms with Crippen molar-refractivity contribution in [2.45, 2.75) is 19.4 Å². The Kier molecular flexibility index (Phi) is 3.62. The molecule has 0 bridgehead atoms. The standard InChI is InChI=1S/C15H23N3O/c1-17-8-2-3-13-14(17)5-4-12(15(13)19)11-18-9-6-16-7-10-18/h4-5,16,19H,2-3,6-11H2,1H3. The van der Waals surface area contributed by atoms with Crippen molar-refractivity contribution in [2.75, 3.05) is 44.7 Å². The zero-order valence-corrected chi connectivity index (χ0v) is 11.7. The van der Waals surface area contributed by atoms with Crippen LogP contribution in [-0.4, -0.2) is 49.8 Å². The third-order valence-corrected chi connectivity index (χ3v) is 4.28. The van der Waals surface area contributed by atoms with Gasteiger partial charge in [-0.1, -0.05) is 6.07 Å². The van der Waals surface area contributed by atoms with E-state index in [-0.39, 0.29) is 0 Å². The minimum absolute atomic E-state index is 0.530. The molecule has 104 valence electrons. The number of benzene rings is 1. The lowest BCUT2D eigenvalue weighted by molar-refractivity contribution is 0.230. The van der Waals surface area contributed by atoms with E-state index in [0.717, 1.165) is 63.2 Å². The number of rotatable bonds is 2. The van der Waals surface area contributed by atoms with Gasteiger partial charge in [0.25, 0.3) is 0 Å². The minimum atomic E-state index is 0.530. The number of piperazine rings is 1. The highest BCUT2D eigenvalue weighted by Crippen LogP contribution is 2.35. The maximum Gasteiger partial charge on any atom is 0.125 e. The van der Waals surface area contributed by atoms with E-state index in [1.807, 2.05) is 0 Å². The zero-order valence-electron chi connectivity index (χ0n) is 11.7. The maximum atomic E-state index is 10.5. The Labute approximate surface area is 115 Å². The fourth-order valence-electron chi connectivity index (χ4n) is 3.13. The molecule has 0 unspecified atom stereocenters. The Morgan fingerprint density at radius 3 is 2.79 bits per heavy atom. The molecule has 2 N–H and O–H groups in total. The van der Waals surface area contributed by atoms with Crippen LogP contribution in [0.4, 0.5) is 5.69 Å². The number of aromatic hydroxyl groups is 1. The van der Waals surface area contributed by atoms with E-state index in [1.54, 1.807) is 0 Å². The molecule has 0 saturated carbocycles. The van der Waals surface area contributed by atoms with Gasteiger partial charge < -0.3 is 15.3 Å². The fraction of sp³-hybridized carbons (Fsp3) is 0.600. The lowest BCUT2D eigenvalue weighted by Gasteiger charge is -2.31. The van der Waals surface area contributed by atoms with Gasteiger partial charge in [-0.15, -0.1) is 0 Å². The summed E-state index contributed by atoms with van der Waals surface area (Å²) in [5, 5.41) is 13.9. The molecule has 2 heterocycles. The SMILES string of the molecule is CN1CCCc2c1ccc(CN1CCNCC1)c2O. The first kappa shape index (κ1) is 12.8. The third kappa shape index (κ3) is 2.55.